The summed E-state index contributed by atoms with van der Waals surface area (Å²) in [5.41, 5.74) is 5.51. The zero-order valence-electron chi connectivity index (χ0n) is 10.9. The van der Waals surface area contributed by atoms with Crippen molar-refractivity contribution in [2.45, 2.75) is 45.6 Å². The van der Waals surface area contributed by atoms with Crippen LogP contribution in [0.1, 0.15) is 39.5 Å². The van der Waals surface area contributed by atoms with Crippen molar-refractivity contribution in [1.82, 2.24) is 4.90 Å². The second kappa shape index (κ2) is 5.89. The molecule has 0 aromatic carbocycles. The molecule has 1 aliphatic rings. The summed E-state index contributed by atoms with van der Waals surface area (Å²) in [7, 11) is 1.71. The van der Waals surface area contributed by atoms with Crippen molar-refractivity contribution in [3.05, 3.63) is 0 Å². The van der Waals surface area contributed by atoms with E-state index >= 15 is 0 Å². The van der Waals surface area contributed by atoms with Gasteiger partial charge in [-0.3, -0.25) is 4.79 Å². The molecule has 1 aliphatic carbocycles. The highest BCUT2D eigenvalue weighted by Crippen LogP contribution is 2.29. The molecule has 3 N–H and O–H groups in total. The molecule has 0 aliphatic heterocycles. The topological polar surface area (TPSA) is 78.9 Å². The van der Waals surface area contributed by atoms with Crippen molar-refractivity contribution in [3.63, 3.8) is 0 Å². The molecule has 0 saturated heterocycles. The lowest BCUT2D eigenvalue weighted by atomic mass is 9.82. The van der Waals surface area contributed by atoms with E-state index in [9.17, 15) is 4.79 Å². The molecular weight excluding hydrogens is 218 g/mol. The Hall–Kier alpha value is -1.26. The molecule has 0 radical (unpaired) electrons. The van der Waals surface area contributed by atoms with Gasteiger partial charge in [-0.2, -0.15) is 0 Å². The van der Waals surface area contributed by atoms with Gasteiger partial charge >= 0.3 is 0 Å². The van der Waals surface area contributed by atoms with Gasteiger partial charge in [-0.05, 0) is 38.5 Å². The molecule has 5 heteroatoms. The first-order chi connectivity index (χ1) is 7.97. The lowest BCUT2D eigenvalue weighted by molar-refractivity contribution is -0.136. The maximum atomic E-state index is 12.2. The second-order valence-corrected chi connectivity index (χ2v) is 5.11. The molecule has 5 nitrogen and oxygen atoms in total. The third kappa shape index (κ3) is 3.35. The fourth-order valence-electron chi connectivity index (χ4n) is 2.27. The van der Waals surface area contributed by atoms with Gasteiger partial charge in [0.2, 0.25) is 5.91 Å². The number of carbonyl (C=O) groups is 1. The van der Waals surface area contributed by atoms with Gasteiger partial charge in [-0.15, -0.1) is 0 Å². The number of nitrogens with two attached hydrogens (primary N) is 1. The van der Waals surface area contributed by atoms with Crippen molar-refractivity contribution in [1.29, 1.82) is 0 Å². The van der Waals surface area contributed by atoms with Crippen LogP contribution in [0.25, 0.3) is 0 Å². The standard InChI is InChI=1S/C12H23N3O2/c1-8-4-6-10(7-5-8)12(16)15(3)9(2)11(13)14-17/h8-10,17H,4-7H2,1-3H3,(H2,13,14). The van der Waals surface area contributed by atoms with Gasteiger partial charge in [0.1, 0.15) is 0 Å². The molecule has 0 bridgehead atoms. The van der Waals surface area contributed by atoms with E-state index in [4.69, 9.17) is 10.9 Å². The molecule has 1 saturated carbocycles. The van der Waals surface area contributed by atoms with E-state index in [0.29, 0.717) is 0 Å². The van der Waals surface area contributed by atoms with Crippen LogP contribution in [0.3, 0.4) is 0 Å². The number of amidine groups is 1. The number of hydrogen-bond donors (Lipinski definition) is 2. The van der Waals surface area contributed by atoms with Crippen LogP contribution >= 0.6 is 0 Å². The molecule has 1 rings (SSSR count). The molecule has 0 heterocycles. The minimum atomic E-state index is -0.355. The molecule has 1 amide bonds. The third-order valence-electron chi connectivity index (χ3n) is 3.84. The smallest absolute Gasteiger partial charge is 0.226 e. The number of oxime groups is 1. The zero-order chi connectivity index (χ0) is 13.0. The summed E-state index contributed by atoms with van der Waals surface area (Å²) < 4.78 is 0. The number of nitrogens with zero attached hydrogens (tertiary/aromatic N) is 2. The number of amides is 1. The number of rotatable bonds is 3. The number of carbonyl (C=O) groups excluding carboxylic acids is 1. The van der Waals surface area contributed by atoms with Crippen LogP contribution in [0.4, 0.5) is 0 Å². The van der Waals surface area contributed by atoms with Crippen LogP contribution in [0.15, 0.2) is 5.16 Å². The molecule has 1 fully saturated rings. The van der Waals surface area contributed by atoms with E-state index in [1.165, 1.54) is 0 Å². The molecule has 0 spiro atoms. The minimum absolute atomic E-state index is 0.0741. The highest BCUT2D eigenvalue weighted by Gasteiger charge is 2.29. The molecule has 0 aromatic rings. The van der Waals surface area contributed by atoms with Crippen LogP contribution in [0.5, 0.6) is 0 Å². The summed E-state index contributed by atoms with van der Waals surface area (Å²) in [5.74, 6) is 1.01. The normalized spacial score (nSPS) is 27.6. The SMILES string of the molecule is CC1CCC(C(=O)N(C)C(C)C(N)=NO)CC1. The van der Waals surface area contributed by atoms with Crippen LogP contribution in [0, 0.1) is 11.8 Å². The monoisotopic (exact) mass is 241 g/mol. The maximum Gasteiger partial charge on any atom is 0.226 e. The summed E-state index contributed by atoms with van der Waals surface area (Å²) in [5, 5.41) is 11.6. The van der Waals surface area contributed by atoms with Crippen LogP contribution < -0.4 is 5.73 Å². The zero-order valence-corrected chi connectivity index (χ0v) is 10.9. The van der Waals surface area contributed by atoms with Gasteiger partial charge in [0.05, 0.1) is 6.04 Å². The summed E-state index contributed by atoms with van der Waals surface area (Å²) in [6.45, 7) is 3.99. The lowest BCUT2D eigenvalue weighted by Crippen LogP contribution is -2.46. The molecule has 0 aromatic heterocycles. The van der Waals surface area contributed by atoms with E-state index in [2.05, 4.69) is 12.1 Å². The Labute approximate surface area is 103 Å². The Balaban J connectivity index is 2.57. The summed E-state index contributed by atoms with van der Waals surface area (Å²) in [4.78, 5) is 13.8. The first-order valence-electron chi connectivity index (χ1n) is 6.21. The predicted molar refractivity (Wildman–Crippen MR) is 66.8 cm³/mol. The highest BCUT2D eigenvalue weighted by atomic mass is 16.4. The lowest BCUT2D eigenvalue weighted by Gasteiger charge is -2.31. The second-order valence-electron chi connectivity index (χ2n) is 5.11. The molecule has 98 valence electrons. The van der Waals surface area contributed by atoms with Crippen LogP contribution in [-0.4, -0.2) is 34.9 Å². The van der Waals surface area contributed by atoms with Crippen molar-refractivity contribution in [2.24, 2.45) is 22.7 Å². The van der Waals surface area contributed by atoms with E-state index < -0.39 is 0 Å². The summed E-state index contributed by atoms with van der Waals surface area (Å²) >= 11 is 0. The van der Waals surface area contributed by atoms with Crippen LogP contribution in [0.2, 0.25) is 0 Å². The van der Waals surface area contributed by atoms with Crippen molar-refractivity contribution in [3.8, 4) is 0 Å². The fourth-order valence-corrected chi connectivity index (χ4v) is 2.27. The van der Waals surface area contributed by atoms with E-state index in [0.717, 1.165) is 31.6 Å². The Bertz CT molecular complexity index is 296. The number of hydrogen-bond acceptors (Lipinski definition) is 3. The van der Waals surface area contributed by atoms with Gasteiger partial charge in [0, 0.05) is 13.0 Å². The Morgan fingerprint density at radius 1 is 1.41 bits per heavy atom. The van der Waals surface area contributed by atoms with E-state index in [1.54, 1.807) is 18.9 Å². The fraction of sp³-hybridized carbons (Fsp3) is 0.833. The largest absolute Gasteiger partial charge is 0.409 e. The van der Waals surface area contributed by atoms with Gasteiger partial charge in [-0.1, -0.05) is 12.1 Å². The van der Waals surface area contributed by atoms with E-state index in [1.807, 2.05) is 0 Å². The van der Waals surface area contributed by atoms with Crippen molar-refractivity contribution < 1.29 is 10.0 Å². The third-order valence-corrected chi connectivity index (χ3v) is 3.84. The molecule has 1 atom stereocenters. The average Bonchev–Trinajstić information content (AvgIpc) is 2.36. The van der Waals surface area contributed by atoms with Gasteiger partial charge in [-0.25, -0.2) is 0 Å². The molecule has 1 unspecified atom stereocenters. The first kappa shape index (κ1) is 13.8. The Morgan fingerprint density at radius 2 is 1.94 bits per heavy atom. The van der Waals surface area contributed by atoms with Gasteiger partial charge in [0.15, 0.2) is 5.84 Å². The summed E-state index contributed by atoms with van der Waals surface area (Å²) in [6, 6.07) is -0.355. The quantitative estimate of drug-likeness (QED) is 0.339. The number of likely N-dealkylation sites (N-methyl/N-ethyl adjacent to an activating group) is 1. The minimum Gasteiger partial charge on any atom is -0.409 e. The average molecular weight is 241 g/mol. The van der Waals surface area contributed by atoms with E-state index in [-0.39, 0.29) is 23.7 Å². The maximum absolute atomic E-state index is 12.2. The first-order valence-corrected chi connectivity index (χ1v) is 6.21. The van der Waals surface area contributed by atoms with Crippen molar-refractivity contribution >= 4 is 11.7 Å². The van der Waals surface area contributed by atoms with Gasteiger partial charge in [0.25, 0.3) is 0 Å². The Kier molecular flexibility index (Phi) is 4.78. The van der Waals surface area contributed by atoms with Crippen LogP contribution in [-0.2, 0) is 4.79 Å². The Morgan fingerprint density at radius 3 is 2.41 bits per heavy atom. The summed E-state index contributed by atoms with van der Waals surface area (Å²) in [6.07, 6.45) is 4.13. The van der Waals surface area contributed by atoms with Gasteiger partial charge < -0.3 is 15.8 Å². The molecular formula is C12H23N3O2. The predicted octanol–water partition coefficient (Wildman–Crippen LogP) is 1.41. The molecule has 17 heavy (non-hydrogen) atoms. The van der Waals surface area contributed by atoms with Crippen molar-refractivity contribution in [2.75, 3.05) is 7.05 Å². The highest BCUT2D eigenvalue weighted by molar-refractivity contribution is 5.90.